The van der Waals surface area contributed by atoms with E-state index in [0.29, 0.717) is 32.6 Å². The van der Waals surface area contributed by atoms with Gasteiger partial charge in [-0.1, -0.05) is 0 Å². The molecule has 0 aromatic carbocycles. The molecule has 1 atom stereocenters. The van der Waals surface area contributed by atoms with Crippen LogP contribution in [0.5, 0.6) is 0 Å². The van der Waals surface area contributed by atoms with E-state index < -0.39 is 5.41 Å². The van der Waals surface area contributed by atoms with Gasteiger partial charge in [0.2, 0.25) is 5.91 Å². The summed E-state index contributed by atoms with van der Waals surface area (Å²) in [7, 11) is 0. The summed E-state index contributed by atoms with van der Waals surface area (Å²) < 4.78 is 5.34. The Morgan fingerprint density at radius 3 is 2.74 bits per heavy atom. The maximum atomic E-state index is 12.5. The topological polar surface area (TPSA) is 64.4 Å². The zero-order valence-corrected chi connectivity index (χ0v) is 12.4. The lowest BCUT2D eigenvalue weighted by Gasteiger charge is -2.35. The highest BCUT2D eigenvalue weighted by molar-refractivity contribution is 7.12. The summed E-state index contributed by atoms with van der Waals surface area (Å²) in [6.45, 7) is 5.72. The van der Waals surface area contributed by atoms with Gasteiger partial charge in [0.1, 0.15) is 0 Å². The van der Waals surface area contributed by atoms with E-state index in [9.17, 15) is 4.79 Å². The molecule has 1 aliphatic heterocycles. The van der Waals surface area contributed by atoms with Gasteiger partial charge in [0.15, 0.2) is 0 Å². The van der Waals surface area contributed by atoms with E-state index in [1.165, 1.54) is 9.75 Å². The number of rotatable bonds is 4. The van der Waals surface area contributed by atoms with Crippen LogP contribution in [0.15, 0.2) is 12.1 Å². The summed E-state index contributed by atoms with van der Waals surface area (Å²) in [6.07, 6.45) is 1.43. The lowest BCUT2D eigenvalue weighted by atomic mass is 9.79. The SMILES string of the molecule is Cc1ccc(C(C)NC(=O)C2(CN)CCOCC2)s1. The van der Waals surface area contributed by atoms with Crippen molar-refractivity contribution < 1.29 is 9.53 Å². The maximum absolute atomic E-state index is 12.5. The molecule has 1 amide bonds. The monoisotopic (exact) mass is 282 g/mol. The van der Waals surface area contributed by atoms with Gasteiger partial charge < -0.3 is 15.8 Å². The first-order valence-corrected chi connectivity index (χ1v) is 7.54. The summed E-state index contributed by atoms with van der Waals surface area (Å²) in [5.41, 5.74) is 5.40. The Kier molecular flexibility index (Phi) is 4.60. The molecule has 0 saturated carbocycles. The molecule has 1 unspecified atom stereocenters. The molecule has 0 aliphatic carbocycles. The Bertz CT molecular complexity index is 438. The van der Waals surface area contributed by atoms with Gasteiger partial charge in [-0.15, -0.1) is 11.3 Å². The molecular weight excluding hydrogens is 260 g/mol. The standard InChI is InChI=1S/C14H22N2O2S/c1-10-3-4-12(19-10)11(2)16-13(17)14(9-15)5-7-18-8-6-14/h3-4,11H,5-9,15H2,1-2H3,(H,16,17). The van der Waals surface area contributed by atoms with Gasteiger partial charge >= 0.3 is 0 Å². The van der Waals surface area contributed by atoms with Crippen LogP contribution in [0.1, 0.15) is 35.6 Å². The van der Waals surface area contributed by atoms with Gasteiger partial charge in [-0.05, 0) is 38.8 Å². The molecule has 1 saturated heterocycles. The van der Waals surface area contributed by atoms with Crippen molar-refractivity contribution in [2.45, 2.75) is 32.7 Å². The molecule has 0 bridgehead atoms. The second-order valence-corrected chi connectivity index (χ2v) is 6.56. The molecule has 19 heavy (non-hydrogen) atoms. The Labute approximate surface area is 118 Å². The minimum Gasteiger partial charge on any atom is -0.381 e. The Morgan fingerprint density at radius 1 is 1.53 bits per heavy atom. The zero-order valence-electron chi connectivity index (χ0n) is 11.6. The van der Waals surface area contributed by atoms with E-state index >= 15 is 0 Å². The lowest BCUT2D eigenvalue weighted by molar-refractivity contribution is -0.136. The number of ether oxygens (including phenoxy) is 1. The zero-order chi connectivity index (χ0) is 13.9. The molecule has 1 aliphatic rings. The number of thiophene rings is 1. The second-order valence-electron chi connectivity index (χ2n) is 5.24. The van der Waals surface area contributed by atoms with Crippen molar-refractivity contribution in [1.82, 2.24) is 5.32 Å². The second kappa shape index (κ2) is 6.03. The average molecular weight is 282 g/mol. The third-order valence-corrected chi connectivity index (χ3v) is 5.04. The van der Waals surface area contributed by atoms with E-state index in [4.69, 9.17) is 10.5 Å². The van der Waals surface area contributed by atoms with Crippen LogP contribution in [0, 0.1) is 12.3 Å². The summed E-state index contributed by atoms with van der Waals surface area (Å²) in [5, 5.41) is 3.11. The van der Waals surface area contributed by atoms with Crippen LogP contribution in [-0.4, -0.2) is 25.7 Å². The molecule has 1 aromatic heterocycles. The number of hydrogen-bond donors (Lipinski definition) is 2. The van der Waals surface area contributed by atoms with E-state index in [1.807, 2.05) is 6.92 Å². The van der Waals surface area contributed by atoms with Gasteiger partial charge in [0.05, 0.1) is 11.5 Å². The molecule has 4 nitrogen and oxygen atoms in total. The number of carbonyl (C=O) groups is 1. The molecule has 1 fully saturated rings. The fraction of sp³-hybridized carbons (Fsp3) is 0.643. The highest BCUT2D eigenvalue weighted by Crippen LogP contribution is 2.31. The smallest absolute Gasteiger partial charge is 0.228 e. The fourth-order valence-electron chi connectivity index (χ4n) is 2.39. The van der Waals surface area contributed by atoms with E-state index in [-0.39, 0.29) is 11.9 Å². The van der Waals surface area contributed by atoms with Gasteiger partial charge in [0, 0.05) is 29.5 Å². The van der Waals surface area contributed by atoms with E-state index in [1.54, 1.807) is 11.3 Å². The molecular formula is C14H22N2O2S. The number of hydrogen-bond acceptors (Lipinski definition) is 4. The van der Waals surface area contributed by atoms with Crippen molar-refractivity contribution in [3.05, 3.63) is 21.9 Å². The maximum Gasteiger partial charge on any atom is 0.228 e. The summed E-state index contributed by atoms with van der Waals surface area (Å²) in [5.74, 6) is 0.0665. The summed E-state index contributed by atoms with van der Waals surface area (Å²) >= 11 is 1.72. The van der Waals surface area contributed by atoms with Crippen molar-refractivity contribution in [3.8, 4) is 0 Å². The highest BCUT2D eigenvalue weighted by Gasteiger charge is 2.39. The van der Waals surface area contributed by atoms with Crippen molar-refractivity contribution in [3.63, 3.8) is 0 Å². The molecule has 0 radical (unpaired) electrons. The van der Waals surface area contributed by atoms with E-state index in [2.05, 4.69) is 24.4 Å². The van der Waals surface area contributed by atoms with Crippen LogP contribution in [0.3, 0.4) is 0 Å². The van der Waals surface area contributed by atoms with Crippen LogP contribution < -0.4 is 11.1 Å². The number of carbonyl (C=O) groups excluding carboxylic acids is 1. The third kappa shape index (κ3) is 3.16. The van der Waals surface area contributed by atoms with Crippen molar-refractivity contribution in [2.75, 3.05) is 19.8 Å². The average Bonchev–Trinajstić information content (AvgIpc) is 2.86. The van der Waals surface area contributed by atoms with Crippen molar-refractivity contribution in [2.24, 2.45) is 11.1 Å². The molecule has 1 aromatic rings. The fourth-order valence-corrected chi connectivity index (χ4v) is 3.27. The summed E-state index contributed by atoms with van der Waals surface area (Å²) in [6, 6.07) is 4.19. The van der Waals surface area contributed by atoms with Crippen LogP contribution in [-0.2, 0) is 9.53 Å². The Morgan fingerprint density at radius 2 is 2.21 bits per heavy atom. The van der Waals surface area contributed by atoms with Gasteiger partial charge in [-0.25, -0.2) is 0 Å². The number of aryl methyl sites for hydroxylation is 1. The molecule has 3 N–H and O–H groups in total. The first-order valence-electron chi connectivity index (χ1n) is 6.72. The predicted molar refractivity (Wildman–Crippen MR) is 77.2 cm³/mol. The van der Waals surface area contributed by atoms with E-state index in [0.717, 1.165) is 0 Å². The van der Waals surface area contributed by atoms with Gasteiger partial charge in [-0.3, -0.25) is 4.79 Å². The molecule has 5 heteroatoms. The van der Waals surface area contributed by atoms with Crippen molar-refractivity contribution in [1.29, 1.82) is 0 Å². The lowest BCUT2D eigenvalue weighted by Crippen LogP contribution is -2.49. The van der Waals surface area contributed by atoms with Gasteiger partial charge in [0.25, 0.3) is 0 Å². The number of amides is 1. The third-order valence-electron chi connectivity index (χ3n) is 3.86. The summed E-state index contributed by atoms with van der Waals surface area (Å²) in [4.78, 5) is 14.9. The number of nitrogens with two attached hydrogens (primary N) is 1. The first-order chi connectivity index (χ1) is 9.07. The van der Waals surface area contributed by atoms with Crippen LogP contribution in [0.2, 0.25) is 0 Å². The quantitative estimate of drug-likeness (QED) is 0.887. The minimum absolute atomic E-state index is 0.0393. The predicted octanol–water partition coefficient (Wildman–Crippen LogP) is 1.99. The highest BCUT2D eigenvalue weighted by atomic mass is 32.1. The van der Waals surface area contributed by atoms with Crippen molar-refractivity contribution >= 4 is 17.2 Å². The normalized spacial score (nSPS) is 19.9. The Hall–Kier alpha value is -0.910. The largest absolute Gasteiger partial charge is 0.381 e. The number of nitrogens with one attached hydrogen (secondary N) is 1. The minimum atomic E-state index is -0.446. The van der Waals surface area contributed by atoms with Crippen LogP contribution in [0.4, 0.5) is 0 Å². The first kappa shape index (κ1) is 14.5. The molecule has 2 rings (SSSR count). The molecule has 106 valence electrons. The van der Waals surface area contributed by atoms with Gasteiger partial charge in [-0.2, -0.15) is 0 Å². The van der Waals surface area contributed by atoms with Crippen LogP contribution in [0.25, 0.3) is 0 Å². The Balaban J connectivity index is 2.03. The molecule has 2 heterocycles. The molecule has 0 spiro atoms. The van der Waals surface area contributed by atoms with Crippen LogP contribution >= 0.6 is 11.3 Å².